The standard InChI is InChI=1S/C40H39N.C27H26N2.C2H6/c1-28(2)30-23-25-34(26-24-30)41-40(39-20-10-9-19-37(39)31-13-5-4-6-14-31)33-17-12-21-35(29(3)27-33)38-22-11-16-32-15-7-8-18-36(32)38;1-20(2)21-16-18-24(19-17-21)28-27(23-12-7-4-8-13-23)26-15-9-14-25(29-26)22-10-5-3-6-11-22;1-2/h4-26,28-29,33,40-41H,27H2,1-3H3;3-20,27-28H,1-2H3;1-2H3. The molecule has 3 nitrogen and oxygen atoms in total. The lowest BCUT2D eigenvalue weighted by atomic mass is 9.80. The van der Waals surface area contributed by atoms with Crippen molar-refractivity contribution in [1.29, 1.82) is 0 Å². The van der Waals surface area contributed by atoms with Crippen molar-refractivity contribution in [3.8, 4) is 22.4 Å². The molecule has 72 heavy (non-hydrogen) atoms. The largest absolute Gasteiger partial charge is 0.378 e. The first-order valence-electron chi connectivity index (χ1n) is 26.1. The number of hydrogen-bond acceptors (Lipinski definition) is 3. The number of benzene rings is 8. The van der Waals surface area contributed by atoms with Crippen molar-refractivity contribution in [2.24, 2.45) is 11.8 Å². The van der Waals surface area contributed by atoms with Crippen molar-refractivity contribution in [1.82, 2.24) is 4.98 Å². The Bertz CT molecular complexity index is 3130. The van der Waals surface area contributed by atoms with Crippen molar-refractivity contribution in [2.75, 3.05) is 10.6 Å². The van der Waals surface area contributed by atoms with Gasteiger partial charge in [-0.2, -0.15) is 0 Å². The van der Waals surface area contributed by atoms with Crippen molar-refractivity contribution in [3.05, 3.63) is 276 Å². The fourth-order valence-corrected chi connectivity index (χ4v) is 9.85. The monoisotopic (exact) mass is 942 g/mol. The second-order valence-electron chi connectivity index (χ2n) is 19.3. The number of rotatable bonds is 13. The molecule has 1 aromatic heterocycles. The number of fused-ring (bicyclic) bond motifs is 1. The molecule has 3 heteroatoms. The van der Waals surface area contributed by atoms with Gasteiger partial charge in [0.1, 0.15) is 0 Å². The third-order valence-electron chi connectivity index (χ3n) is 13.8. The molecule has 0 fully saturated rings. The van der Waals surface area contributed by atoms with Gasteiger partial charge in [0.2, 0.25) is 0 Å². The van der Waals surface area contributed by atoms with Crippen molar-refractivity contribution in [3.63, 3.8) is 0 Å². The summed E-state index contributed by atoms with van der Waals surface area (Å²) in [5, 5.41) is 10.3. The Morgan fingerprint density at radius 3 is 1.65 bits per heavy atom. The van der Waals surface area contributed by atoms with E-state index in [4.69, 9.17) is 4.98 Å². The molecule has 0 saturated heterocycles. The first-order chi connectivity index (χ1) is 35.3. The van der Waals surface area contributed by atoms with Gasteiger partial charge in [-0.15, -0.1) is 0 Å². The third kappa shape index (κ3) is 12.6. The number of nitrogens with one attached hydrogen (secondary N) is 2. The van der Waals surface area contributed by atoms with Gasteiger partial charge in [0, 0.05) is 22.9 Å². The SMILES string of the molecule is CC.CC(C)c1ccc(NC(c2ccccc2)c2cccc(-c3ccccc3)n2)cc1.CC1CC(C(Nc2ccc(C(C)C)cc2)c2ccccc2-c2ccccc2)C=CC=C1c1cccc2ccccc12. The van der Waals surface area contributed by atoms with Gasteiger partial charge in [-0.1, -0.05) is 255 Å². The normalized spacial score (nSPS) is 15.0. The fourth-order valence-electron chi connectivity index (χ4n) is 9.85. The molecule has 1 aliphatic rings. The Labute approximate surface area is 430 Å². The molecule has 4 atom stereocenters. The summed E-state index contributed by atoms with van der Waals surface area (Å²) >= 11 is 0. The molecule has 0 amide bonds. The maximum absolute atomic E-state index is 5.00. The van der Waals surface area contributed by atoms with Gasteiger partial charge in [0.15, 0.2) is 0 Å². The second kappa shape index (κ2) is 24.9. The Kier molecular flexibility index (Phi) is 17.5. The maximum atomic E-state index is 5.00. The van der Waals surface area contributed by atoms with Crippen LogP contribution >= 0.6 is 0 Å². The van der Waals surface area contributed by atoms with Crippen LogP contribution in [0.15, 0.2) is 243 Å². The predicted octanol–water partition coefficient (Wildman–Crippen LogP) is 19.2. The van der Waals surface area contributed by atoms with Crippen LogP contribution in [-0.4, -0.2) is 4.98 Å². The highest BCUT2D eigenvalue weighted by Gasteiger charge is 2.29. The van der Waals surface area contributed by atoms with Gasteiger partial charge in [-0.05, 0) is 116 Å². The minimum absolute atomic E-state index is 0.0234. The zero-order valence-electron chi connectivity index (χ0n) is 43.2. The summed E-state index contributed by atoms with van der Waals surface area (Å²) in [4.78, 5) is 5.00. The summed E-state index contributed by atoms with van der Waals surface area (Å²) in [6.07, 6.45) is 8.13. The molecule has 362 valence electrons. The van der Waals surface area contributed by atoms with Crippen LogP contribution in [0.1, 0.15) is 112 Å². The number of anilines is 2. The van der Waals surface area contributed by atoms with Gasteiger partial charge in [-0.3, -0.25) is 4.98 Å². The van der Waals surface area contributed by atoms with E-state index in [9.17, 15) is 0 Å². The van der Waals surface area contributed by atoms with E-state index in [-0.39, 0.29) is 12.1 Å². The summed E-state index contributed by atoms with van der Waals surface area (Å²) in [5.74, 6) is 1.75. The molecule has 9 aromatic rings. The van der Waals surface area contributed by atoms with Crippen LogP contribution in [0.4, 0.5) is 11.4 Å². The summed E-state index contributed by atoms with van der Waals surface area (Å²) in [6, 6.07) is 80.1. The van der Waals surface area contributed by atoms with E-state index in [2.05, 4.69) is 264 Å². The van der Waals surface area contributed by atoms with Gasteiger partial charge >= 0.3 is 0 Å². The average Bonchev–Trinajstić information content (AvgIpc) is 3.64. The highest BCUT2D eigenvalue weighted by Crippen LogP contribution is 2.42. The van der Waals surface area contributed by atoms with Crippen LogP contribution in [0.3, 0.4) is 0 Å². The highest BCUT2D eigenvalue weighted by molar-refractivity contribution is 5.94. The molecular weight excluding hydrogens is 871 g/mol. The molecular formula is C69H71N3. The first-order valence-corrected chi connectivity index (χ1v) is 26.1. The molecule has 0 aliphatic heterocycles. The Morgan fingerprint density at radius 2 is 1.00 bits per heavy atom. The Hall–Kier alpha value is -7.75. The number of aromatic nitrogens is 1. The van der Waals surface area contributed by atoms with Crippen molar-refractivity contribution in [2.45, 2.75) is 78.8 Å². The lowest BCUT2D eigenvalue weighted by Crippen LogP contribution is -2.22. The predicted molar refractivity (Wildman–Crippen MR) is 311 cm³/mol. The average molecular weight is 942 g/mol. The molecule has 8 aromatic carbocycles. The van der Waals surface area contributed by atoms with E-state index < -0.39 is 0 Å². The number of allylic oxidation sites excluding steroid dienone is 3. The lowest BCUT2D eigenvalue weighted by molar-refractivity contribution is 0.466. The molecule has 1 heterocycles. The number of hydrogen-bond donors (Lipinski definition) is 2. The quantitative estimate of drug-likeness (QED) is 0.121. The van der Waals surface area contributed by atoms with E-state index in [1.165, 1.54) is 55.3 Å². The van der Waals surface area contributed by atoms with Crippen LogP contribution in [0.25, 0.3) is 38.7 Å². The maximum Gasteiger partial charge on any atom is 0.0940 e. The van der Waals surface area contributed by atoms with Gasteiger partial charge in [0.05, 0.1) is 23.5 Å². The van der Waals surface area contributed by atoms with Crippen LogP contribution in [0.2, 0.25) is 0 Å². The molecule has 0 spiro atoms. The smallest absolute Gasteiger partial charge is 0.0940 e. The topological polar surface area (TPSA) is 37.0 Å². The molecule has 0 saturated carbocycles. The van der Waals surface area contributed by atoms with E-state index in [0.717, 1.165) is 34.7 Å². The molecule has 1 aliphatic carbocycles. The number of nitrogens with zero attached hydrogens (tertiary/aromatic N) is 1. The van der Waals surface area contributed by atoms with Crippen LogP contribution in [0.5, 0.6) is 0 Å². The van der Waals surface area contributed by atoms with E-state index in [1.807, 2.05) is 38.1 Å². The van der Waals surface area contributed by atoms with Crippen molar-refractivity contribution < 1.29 is 0 Å². The van der Waals surface area contributed by atoms with Crippen LogP contribution in [0, 0.1) is 11.8 Å². The zero-order chi connectivity index (χ0) is 50.2. The second-order valence-corrected chi connectivity index (χ2v) is 19.3. The first kappa shape index (κ1) is 50.6. The highest BCUT2D eigenvalue weighted by atomic mass is 15.0. The minimum atomic E-state index is -0.0234. The van der Waals surface area contributed by atoms with Crippen LogP contribution in [-0.2, 0) is 0 Å². The third-order valence-corrected chi connectivity index (χ3v) is 13.8. The van der Waals surface area contributed by atoms with E-state index in [1.54, 1.807) is 0 Å². The molecule has 0 bridgehead atoms. The zero-order valence-corrected chi connectivity index (χ0v) is 43.2. The fraction of sp³-hybridized carbons (Fsp3) is 0.203. The summed E-state index contributed by atoms with van der Waals surface area (Å²) < 4.78 is 0. The number of pyridine rings is 1. The molecule has 2 N–H and O–H groups in total. The summed E-state index contributed by atoms with van der Waals surface area (Å²) in [7, 11) is 0. The lowest BCUT2D eigenvalue weighted by Gasteiger charge is -2.31. The van der Waals surface area contributed by atoms with Gasteiger partial charge in [-0.25, -0.2) is 0 Å². The van der Waals surface area contributed by atoms with Crippen LogP contribution < -0.4 is 10.6 Å². The Balaban J connectivity index is 0.000000197. The van der Waals surface area contributed by atoms with E-state index >= 15 is 0 Å². The van der Waals surface area contributed by atoms with Gasteiger partial charge < -0.3 is 10.6 Å². The van der Waals surface area contributed by atoms with Gasteiger partial charge in [0.25, 0.3) is 0 Å². The summed E-state index contributed by atoms with van der Waals surface area (Å²) in [6.45, 7) is 15.3. The van der Waals surface area contributed by atoms with Crippen molar-refractivity contribution >= 4 is 27.7 Å². The molecule has 4 unspecified atom stereocenters. The molecule has 10 rings (SSSR count). The van der Waals surface area contributed by atoms with E-state index in [0.29, 0.717) is 23.7 Å². The Morgan fingerprint density at radius 1 is 0.472 bits per heavy atom. The minimum Gasteiger partial charge on any atom is -0.378 e. The molecule has 0 radical (unpaired) electrons. The summed E-state index contributed by atoms with van der Waals surface area (Å²) in [5.41, 5.74) is 15.9.